The first-order valence-corrected chi connectivity index (χ1v) is 11.8. The highest BCUT2D eigenvalue weighted by Crippen LogP contribution is 2.39. The van der Waals surface area contributed by atoms with Crippen LogP contribution in [0.1, 0.15) is 18.4 Å². The van der Waals surface area contributed by atoms with Crippen molar-refractivity contribution in [2.45, 2.75) is 25.8 Å². The Hall–Kier alpha value is -4.05. The molecule has 1 saturated heterocycles. The number of hydrogen-bond donors (Lipinski definition) is 2. The van der Waals surface area contributed by atoms with Crippen molar-refractivity contribution in [1.82, 2.24) is 19.5 Å². The van der Waals surface area contributed by atoms with Gasteiger partial charge < -0.3 is 34.1 Å². The van der Waals surface area contributed by atoms with Gasteiger partial charge in [0, 0.05) is 24.1 Å². The summed E-state index contributed by atoms with van der Waals surface area (Å²) in [5.41, 5.74) is 2.76. The molecule has 1 aliphatic heterocycles. The van der Waals surface area contributed by atoms with Crippen LogP contribution in [0, 0.1) is 6.92 Å². The fourth-order valence-electron chi connectivity index (χ4n) is 4.61. The van der Waals surface area contributed by atoms with Crippen LogP contribution < -0.4 is 24.4 Å². The second-order valence-corrected chi connectivity index (χ2v) is 8.74. The van der Waals surface area contributed by atoms with Crippen LogP contribution in [-0.4, -0.2) is 65.1 Å². The second-order valence-electron chi connectivity index (χ2n) is 8.74. The molecule has 1 fully saturated rings. The van der Waals surface area contributed by atoms with Crippen LogP contribution in [-0.2, 0) is 0 Å². The van der Waals surface area contributed by atoms with E-state index in [1.807, 2.05) is 48.0 Å². The average Bonchev–Trinajstić information content (AvgIpc) is 3.57. The molecule has 4 aromatic rings. The summed E-state index contributed by atoms with van der Waals surface area (Å²) in [6.07, 6.45) is 5.50. The predicted molar refractivity (Wildman–Crippen MR) is 138 cm³/mol. The van der Waals surface area contributed by atoms with E-state index in [1.54, 1.807) is 27.7 Å². The van der Waals surface area contributed by atoms with Gasteiger partial charge >= 0.3 is 0 Å². The molecule has 5 rings (SSSR count). The maximum absolute atomic E-state index is 9.83. The molecule has 1 atom stereocenters. The van der Waals surface area contributed by atoms with Gasteiger partial charge in [-0.15, -0.1) is 0 Å². The molecule has 2 N–H and O–H groups in total. The standard InChI is InChI=1S/C26H30N6O4/c1-16-7-8-19-20(10-16)28-26(32-9-5-6-17(32)14-33)30-25(19)29-23-13-31(15-27-23)18-11-21(34-2)24(36-4)22(12-18)35-3/h7-8,10-13,15,17,33H,5-6,9,14H2,1-4H3,(H,28,29,30). The van der Waals surface area contributed by atoms with E-state index >= 15 is 0 Å². The third-order valence-electron chi connectivity index (χ3n) is 6.46. The first-order valence-electron chi connectivity index (χ1n) is 11.8. The SMILES string of the molecule is COc1cc(-n2cnc(Nc3nc(N4CCCC4CO)nc4cc(C)ccc34)c2)cc(OC)c1OC. The highest BCUT2D eigenvalue weighted by molar-refractivity contribution is 5.92. The third-order valence-corrected chi connectivity index (χ3v) is 6.46. The quantitative estimate of drug-likeness (QED) is 0.381. The van der Waals surface area contributed by atoms with Crippen molar-refractivity contribution in [1.29, 1.82) is 0 Å². The van der Waals surface area contributed by atoms with Gasteiger partial charge in [-0.1, -0.05) is 6.07 Å². The molecule has 10 nitrogen and oxygen atoms in total. The maximum atomic E-state index is 9.83. The number of fused-ring (bicyclic) bond motifs is 1. The summed E-state index contributed by atoms with van der Waals surface area (Å²) < 4.78 is 18.3. The van der Waals surface area contributed by atoms with Gasteiger partial charge in [-0.3, -0.25) is 0 Å². The minimum Gasteiger partial charge on any atom is -0.493 e. The molecule has 36 heavy (non-hydrogen) atoms. The van der Waals surface area contributed by atoms with Gasteiger partial charge in [-0.25, -0.2) is 9.97 Å². The Kier molecular flexibility index (Phi) is 6.51. The van der Waals surface area contributed by atoms with Crippen molar-refractivity contribution in [2.24, 2.45) is 0 Å². The number of aromatic nitrogens is 4. The second kappa shape index (κ2) is 9.90. The van der Waals surface area contributed by atoms with Gasteiger partial charge in [-0.2, -0.15) is 4.98 Å². The summed E-state index contributed by atoms with van der Waals surface area (Å²) in [5, 5.41) is 14.1. The van der Waals surface area contributed by atoms with Crippen LogP contribution in [0.3, 0.4) is 0 Å². The molecule has 0 bridgehead atoms. The van der Waals surface area contributed by atoms with Gasteiger partial charge in [-0.05, 0) is 37.5 Å². The van der Waals surface area contributed by atoms with E-state index < -0.39 is 0 Å². The smallest absolute Gasteiger partial charge is 0.228 e. The Bertz CT molecular complexity index is 1360. The fraction of sp³-hybridized carbons (Fsp3) is 0.346. The molecule has 0 spiro atoms. The molecule has 1 aliphatic rings. The Morgan fingerprint density at radius 2 is 1.83 bits per heavy atom. The van der Waals surface area contributed by atoms with Crippen molar-refractivity contribution >= 4 is 28.5 Å². The zero-order valence-electron chi connectivity index (χ0n) is 20.9. The van der Waals surface area contributed by atoms with Crippen LogP contribution >= 0.6 is 0 Å². The maximum Gasteiger partial charge on any atom is 0.228 e. The first kappa shape index (κ1) is 23.7. The lowest BCUT2D eigenvalue weighted by atomic mass is 10.1. The van der Waals surface area contributed by atoms with Crippen LogP contribution in [0.4, 0.5) is 17.6 Å². The molecule has 10 heteroatoms. The molecular weight excluding hydrogens is 460 g/mol. The number of hydrogen-bond acceptors (Lipinski definition) is 9. The van der Waals surface area contributed by atoms with Crippen LogP contribution in [0.2, 0.25) is 0 Å². The molecule has 188 valence electrons. The number of ether oxygens (including phenoxy) is 3. The van der Waals surface area contributed by atoms with Gasteiger partial charge in [0.15, 0.2) is 11.5 Å². The summed E-state index contributed by atoms with van der Waals surface area (Å²) in [6, 6.07) is 9.84. The number of nitrogens with one attached hydrogen (secondary N) is 1. The Labute approximate surface area is 209 Å². The minimum atomic E-state index is 0.0272. The number of aliphatic hydroxyl groups excluding tert-OH is 1. The summed E-state index contributed by atoms with van der Waals surface area (Å²) in [4.78, 5) is 16.3. The highest BCUT2D eigenvalue weighted by atomic mass is 16.5. The van der Waals surface area contributed by atoms with Crippen molar-refractivity contribution < 1.29 is 19.3 Å². The number of rotatable bonds is 8. The molecule has 1 unspecified atom stereocenters. The fourth-order valence-corrected chi connectivity index (χ4v) is 4.61. The zero-order chi connectivity index (χ0) is 25.2. The normalized spacial score (nSPS) is 15.4. The Balaban J connectivity index is 1.52. The number of imidazole rings is 1. The van der Waals surface area contributed by atoms with Crippen molar-refractivity contribution in [3.05, 3.63) is 48.4 Å². The topological polar surface area (TPSA) is 107 Å². The Morgan fingerprint density at radius 1 is 1.06 bits per heavy atom. The number of nitrogens with zero attached hydrogens (tertiary/aromatic N) is 5. The van der Waals surface area contributed by atoms with Gasteiger partial charge in [0.05, 0.1) is 51.4 Å². The lowest BCUT2D eigenvalue weighted by Crippen LogP contribution is -2.33. The lowest BCUT2D eigenvalue weighted by molar-refractivity contribution is 0.265. The van der Waals surface area contributed by atoms with E-state index in [1.165, 1.54) is 0 Å². The first-order chi connectivity index (χ1) is 17.5. The number of aliphatic hydroxyl groups is 1. The summed E-state index contributed by atoms with van der Waals surface area (Å²) in [7, 11) is 4.75. The zero-order valence-corrected chi connectivity index (χ0v) is 20.9. The van der Waals surface area contributed by atoms with Crippen LogP contribution in [0.5, 0.6) is 17.2 Å². The molecule has 2 aromatic heterocycles. The Morgan fingerprint density at radius 3 is 2.53 bits per heavy atom. The van der Waals surface area contributed by atoms with Gasteiger partial charge in [0.25, 0.3) is 0 Å². The van der Waals surface area contributed by atoms with E-state index in [9.17, 15) is 5.11 Å². The highest BCUT2D eigenvalue weighted by Gasteiger charge is 2.27. The van der Waals surface area contributed by atoms with E-state index in [0.717, 1.165) is 41.5 Å². The van der Waals surface area contributed by atoms with E-state index in [2.05, 4.69) is 15.2 Å². The van der Waals surface area contributed by atoms with E-state index in [0.29, 0.717) is 34.8 Å². The number of methoxy groups -OCH3 is 3. The van der Waals surface area contributed by atoms with Gasteiger partial charge in [0.2, 0.25) is 11.7 Å². The molecule has 0 saturated carbocycles. The minimum absolute atomic E-state index is 0.0272. The van der Waals surface area contributed by atoms with Crippen LogP contribution in [0.25, 0.3) is 16.6 Å². The third kappa shape index (κ3) is 4.35. The lowest BCUT2D eigenvalue weighted by Gasteiger charge is -2.24. The van der Waals surface area contributed by atoms with Crippen molar-refractivity contribution in [3.63, 3.8) is 0 Å². The average molecular weight is 491 g/mol. The molecule has 0 aliphatic carbocycles. The molecule has 0 amide bonds. The molecule has 3 heterocycles. The van der Waals surface area contributed by atoms with Crippen LogP contribution in [0.15, 0.2) is 42.9 Å². The van der Waals surface area contributed by atoms with E-state index in [-0.39, 0.29) is 12.6 Å². The largest absolute Gasteiger partial charge is 0.493 e. The van der Waals surface area contributed by atoms with Gasteiger partial charge in [0.1, 0.15) is 18.0 Å². The molecular formula is C26H30N6O4. The predicted octanol–water partition coefficient (Wildman–Crippen LogP) is 3.85. The monoisotopic (exact) mass is 490 g/mol. The van der Waals surface area contributed by atoms with E-state index in [4.69, 9.17) is 24.2 Å². The summed E-state index contributed by atoms with van der Waals surface area (Å²) in [5.74, 6) is 3.53. The molecule has 2 aromatic carbocycles. The number of benzene rings is 2. The number of anilines is 3. The molecule has 0 radical (unpaired) electrons. The van der Waals surface area contributed by atoms with Crippen molar-refractivity contribution in [2.75, 3.05) is 44.7 Å². The number of aryl methyl sites for hydroxylation is 1. The summed E-state index contributed by atoms with van der Waals surface area (Å²) in [6.45, 7) is 2.94. The van der Waals surface area contributed by atoms with Crippen molar-refractivity contribution in [3.8, 4) is 22.9 Å². The summed E-state index contributed by atoms with van der Waals surface area (Å²) >= 11 is 0.